The molecule has 7 heteroatoms. The molecule has 1 aliphatic heterocycles. The smallest absolute Gasteiger partial charge is 0.134 e. The van der Waals surface area contributed by atoms with Crippen molar-refractivity contribution in [1.29, 1.82) is 0 Å². The van der Waals surface area contributed by atoms with E-state index < -0.39 is 24.4 Å². The van der Waals surface area contributed by atoms with Crippen LogP contribution in [-0.2, 0) is 11.2 Å². The Morgan fingerprint density at radius 2 is 1.86 bits per heavy atom. The third-order valence-electron chi connectivity index (χ3n) is 5.23. The average Bonchev–Trinajstić information content (AvgIpc) is 2.70. The third-order valence-corrected chi connectivity index (χ3v) is 5.60. The Balaban J connectivity index is 1.87. The number of hydrogen-bond acceptors (Lipinski definition) is 6. The minimum absolute atomic E-state index is 0.0440. The number of ether oxygens (including phenoxy) is 1. The van der Waals surface area contributed by atoms with E-state index in [0.29, 0.717) is 18.1 Å². The number of aldehydes is 1. The molecule has 0 aromatic heterocycles. The highest BCUT2D eigenvalue weighted by Gasteiger charge is 2.42. The molecule has 0 spiro atoms. The zero-order chi connectivity index (χ0) is 21.0. The van der Waals surface area contributed by atoms with Crippen molar-refractivity contribution in [2.75, 3.05) is 19.7 Å². The van der Waals surface area contributed by atoms with Crippen LogP contribution in [0.15, 0.2) is 42.5 Å². The van der Waals surface area contributed by atoms with Crippen LogP contribution in [0.1, 0.15) is 29.7 Å². The van der Waals surface area contributed by atoms with E-state index in [9.17, 15) is 20.1 Å². The molecule has 0 unspecified atom stereocenters. The maximum absolute atomic E-state index is 11.1. The Morgan fingerprint density at radius 1 is 1.14 bits per heavy atom. The van der Waals surface area contributed by atoms with Gasteiger partial charge in [0.25, 0.3) is 0 Å². The number of halogens is 1. The van der Waals surface area contributed by atoms with Crippen LogP contribution in [0.2, 0.25) is 5.02 Å². The summed E-state index contributed by atoms with van der Waals surface area (Å²) in [6.07, 6.45) is -2.31. The van der Waals surface area contributed by atoms with Gasteiger partial charge in [0.2, 0.25) is 0 Å². The molecule has 2 aromatic rings. The van der Waals surface area contributed by atoms with Crippen LogP contribution in [0.3, 0.4) is 0 Å². The molecular formula is C22H26ClNO5. The number of benzene rings is 2. The Morgan fingerprint density at radius 3 is 2.52 bits per heavy atom. The Labute approximate surface area is 175 Å². The number of carbonyl (C=O) groups is 1. The first-order chi connectivity index (χ1) is 13.9. The van der Waals surface area contributed by atoms with Crippen LogP contribution in [-0.4, -0.2) is 64.5 Å². The van der Waals surface area contributed by atoms with Crippen molar-refractivity contribution in [3.05, 3.63) is 64.2 Å². The van der Waals surface area contributed by atoms with Crippen molar-refractivity contribution in [1.82, 2.24) is 4.90 Å². The number of hydrogen-bond donors (Lipinski definition) is 3. The number of aliphatic hydroxyl groups is 3. The first kappa shape index (κ1) is 21.7. The van der Waals surface area contributed by atoms with Crippen molar-refractivity contribution in [3.8, 4) is 5.75 Å². The van der Waals surface area contributed by atoms with Gasteiger partial charge in [-0.25, -0.2) is 0 Å². The van der Waals surface area contributed by atoms with Gasteiger partial charge in [-0.15, -0.1) is 0 Å². The average molecular weight is 420 g/mol. The summed E-state index contributed by atoms with van der Waals surface area (Å²) in [6, 6.07) is 12.6. The van der Waals surface area contributed by atoms with Gasteiger partial charge < -0.3 is 24.9 Å². The predicted molar refractivity (Wildman–Crippen MR) is 110 cm³/mol. The molecule has 0 saturated carbocycles. The molecule has 2 aromatic carbocycles. The summed E-state index contributed by atoms with van der Waals surface area (Å²) in [7, 11) is 0. The van der Waals surface area contributed by atoms with E-state index >= 15 is 0 Å². The first-order valence-electron chi connectivity index (χ1n) is 9.66. The second kappa shape index (κ2) is 9.69. The van der Waals surface area contributed by atoms with Gasteiger partial charge in [-0.2, -0.15) is 0 Å². The van der Waals surface area contributed by atoms with Gasteiger partial charge in [0, 0.05) is 11.6 Å². The maximum atomic E-state index is 11.1. The first-order valence-corrected chi connectivity index (χ1v) is 10.0. The molecule has 4 atom stereocenters. The summed E-state index contributed by atoms with van der Waals surface area (Å²) in [4.78, 5) is 12.7. The molecular weight excluding hydrogens is 394 g/mol. The quantitative estimate of drug-likeness (QED) is 0.594. The van der Waals surface area contributed by atoms with Gasteiger partial charge >= 0.3 is 0 Å². The lowest BCUT2D eigenvalue weighted by Crippen LogP contribution is -2.57. The predicted octanol–water partition coefficient (Wildman–Crippen LogP) is 1.97. The van der Waals surface area contributed by atoms with Gasteiger partial charge in [0.15, 0.2) is 0 Å². The molecule has 3 rings (SSSR count). The number of likely N-dealkylation sites (tertiary alicyclic amines) is 1. The van der Waals surface area contributed by atoms with Gasteiger partial charge in [-0.3, -0.25) is 4.90 Å². The molecule has 0 bridgehead atoms. The fraction of sp³-hybridized carbons (Fsp3) is 0.409. The van der Waals surface area contributed by atoms with Gasteiger partial charge in [0.1, 0.15) is 24.2 Å². The highest BCUT2D eigenvalue weighted by Crippen LogP contribution is 2.34. The van der Waals surface area contributed by atoms with Crippen LogP contribution < -0.4 is 4.74 Å². The van der Waals surface area contributed by atoms with Crippen molar-refractivity contribution in [2.45, 2.75) is 37.7 Å². The molecule has 0 aliphatic carbocycles. The van der Waals surface area contributed by atoms with E-state index in [1.54, 1.807) is 17.0 Å². The molecule has 0 radical (unpaired) electrons. The molecule has 156 valence electrons. The number of rotatable bonds is 7. The van der Waals surface area contributed by atoms with E-state index in [4.69, 9.17) is 16.3 Å². The van der Waals surface area contributed by atoms with Gasteiger partial charge in [-0.05, 0) is 48.2 Å². The van der Waals surface area contributed by atoms with Crippen LogP contribution in [0.25, 0.3) is 0 Å². The summed E-state index contributed by atoms with van der Waals surface area (Å²) in [5.74, 6) is 0.804. The summed E-state index contributed by atoms with van der Waals surface area (Å²) in [5, 5.41) is 31.3. The molecule has 6 nitrogen and oxygen atoms in total. The Kier molecular flexibility index (Phi) is 7.27. The fourth-order valence-corrected chi connectivity index (χ4v) is 3.97. The molecule has 1 heterocycles. The number of nitrogens with zero attached hydrogens (tertiary/aromatic N) is 1. The molecule has 1 saturated heterocycles. The lowest BCUT2D eigenvalue weighted by Gasteiger charge is -2.43. The van der Waals surface area contributed by atoms with E-state index in [2.05, 4.69) is 0 Å². The van der Waals surface area contributed by atoms with Crippen molar-refractivity contribution in [2.24, 2.45) is 0 Å². The fourth-order valence-electron chi connectivity index (χ4n) is 3.79. The Hall–Kier alpha value is -1.96. The number of β-amino-alcohol motifs (C(OH)–C–C–N with tert-alkyl or cyclic N) is 1. The van der Waals surface area contributed by atoms with E-state index in [1.807, 2.05) is 37.3 Å². The van der Waals surface area contributed by atoms with Gasteiger partial charge in [0.05, 0.1) is 25.3 Å². The summed E-state index contributed by atoms with van der Waals surface area (Å²) >= 11 is 6.41. The SMILES string of the molecule is CCOc1ccc(Cc2cc([C@H]3[C@H](O)[C@@H](O)[C@H](O)CN3CC=O)ccc2Cl)cc1. The van der Waals surface area contributed by atoms with Gasteiger partial charge in [-0.1, -0.05) is 35.9 Å². The highest BCUT2D eigenvalue weighted by molar-refractivity contribution is 6.31. The van der Waals surface area contributed by atoms with E-state index in [-0.39, 0.29) is 13.1 Å². The molecule has 1 fully saturated rings. The third kappa shape index (κ3) is 4.97. The van der Waals surface area contributed by atoms with Crippen LogP contribution in [0.5, 0.6) is 5.75 Å². The summed E-state index contributed by atoms with van der Waals surface area (Å²) < 4.78 is 5.47. The van der Waals surface area contributed by atoms with Crippen molar-refractivity contribution < 1.29 is 24.9 Å². The van der Waals surface area contributed by atoms with Crippen LogP contribution in [0.4, 0.5) is 0 Å². The lowest BCUT2D eigenvalue weighted by atomic mass is 9.88. The number of carbonyl (C=O) groups excluding carboxylic acids is 1. The largest absolute Gasteiger partial charge is 0.494 e. The second-order valence-corrected chi connectivity index (χ2v) is 7.63. The van der Waals surface area contributed by atoms with Crippen molar-refractivity contribution in [3.63, 3.8) is 0 Å². The number of aliphatic hydroxyl groups excluding tert-OH is 3. The maximum Gasteiger partial charge on any atom is 0.134 e. The topological polar surface area (TPSA) is 90.2 Å². The standard InChI is InChI=1S/C22H26ClNO5/c1-2-29-17-6-3-14(4-7-17)11-16-12-15(5-8-18(16)23)20-22(28)21(27)19(26)13-24(20)9-10-25/h3-8,10,12,19-22,26-28H,2,9,11,13H2,1H3/t19-,20+,21+,22+/m1/s1. The zero-order valence-electron chi connectivity index (χ0n) is 16.2. The molecule has 29 heavy (non-hydrogen) atoms. The van der Waals surface area contributed by atoms with Crippen LogP contribution >= 0.6 is 11.6 Å². The second-order valence-electron chi connectivity index (χ2n) is 7.22. The molecule has 0 amide bonds. The highest BCUT2D eigenvalue weighted by atomic mass is 35.5. The summed E-state index contributed by atoms with van der Waals surface area (Å²) in [6.45, 7) is 2.68. The monoisotopic (exact) mass is 419 g/mol. The Bertz CT molecular complexity index is 828. The van der Waals surface area contributed by atoms with Crippen molar-refractivity contribution >= 4 is 17.9 Å². The number of piperidine rings is 1. The lowest BCUT2D eigenvalue weighted by molar-refractivity contribution is -0.141. The van der Waals surface area contributed by atoms with E-state index in [1.165, 1.54) is 0 Å². The normalized spacial score (nSPS) is 25.0. The minimum atomic E-state index is -1.28. The molecule has 3 N–H and O–H groups in total. The zero-order valence-corrected chi connectivity index (χ0v) is 17.0. The summed E-state index contributed by atoms with van der Waals surface area (Å²) in [5.41, 5.74) is 2.65. The molecule has 1 aliphatic rings. The minimum Gasteiger partial charge on any atom is -0.494 e. The van der Waals surface area contributed by atoms with Crippen LogP contribution in [0, 0.1) is 0 Å². The van der Waals surface area contributed by atoms with E-state index in [0.717, 1.165) is 28.7 Å².